The van der Waals surface area contributed by atoms with Crippen LogP contribution in [-0.4, -0.2) is 55.4 Å². The van der Waals surface area contributed by atoms with Crippen LogP contribution in [0.25, 0.3) is 10.9 Å². The number of likely N-dealkylation sites (tertiary alicyclic amines) is 1. The van der Waals surface area contributed by atoms with E-state index < -0.39 is 0 Å². The first-order valence-corrected chi connectivity index (χ1v) is 14.7. The first-order valence-electron chi connectivity index (χ1n) is 14.7. The fourth-order valence-electron chi connectivity index (χ4n) is 5.37. The van der Waals surface area contributed by atoms with E-state index in [0.717, 1.165) is 18.5 Å². The van der Waals surface area contributed by atoms with E-state index in [4.69, 9.17) is 18.9 Å². The Morgan fingerprint density at radius 3 is 2.51 bits per heavy atom. The Labute approximate surface area is 249 Å². The number of amides is 2. The second kappa shape index (κ2) is 13.2. The number of aromatic nitrogens is 1. The van der Waals surface area contributed by atoms with Crippen molar-refractivity contribution in [3.05, 3.63) is 78.2 Å². The van der Waals surface area contributed by atoms with Crippen LogP contribution in [0.15, 0.2) is 66.9 Å². The van der Waals surface area contributed by atoms with Crippen LogP contribution in [0.4, 0.5) is 14.9 Å². The van der Waals surface area contributed by atoms with E-state index in [1.165, 1.54) is 38.1 Å². The number of ether oxygens (including phenoxy) is 4. The smallest absolute Gasteiger partial charge is 0.319 e. The van der Waals surface area contributed by atoms with Gasteiger partial charge >= 0.3 is 6.03 Å². The third-order valence-electron chi connectivity index (χ3n) is 7.58. The zero-order valence-electron chi connectivity index (χ0n) is 24.1. The Hall–Kier alpha value is -4.57. The van der Waals surface area contributed by atoms with E-state index >= 15 is 0 Å². The van der Waals surface area contributed by atoms with Crippen molar-refractivity contribution in [1.29, 1.82) is 0 Å². The van der Waals surface area contributed by atoms with Gasteiger partial charge in [-0.15, -0.1) is 0 Å². The Bertz CT molecular complexity index is 1560. The van der Waals surface area contributed by atoms with Crippen molar-refractivity contribution in [3.8, 4) is 28.7 Å². The lowest BCUT2D eigenvalue weighted by molar-refractivity contribution is 0.163. The van der Waals surface area contributed by atoms with Gasteiger partial charge in [-0.2, -0.15) is 0 Å². The molecule has 3 heterocycles. The minimum atomic E-state index is -0.372. The molecule has 2 aliphatic heterocycles. The van der Waals surface area contributed by atoms with Crippen molar-refractivity contribution < 1.29 is 28.1 Å². The van der Waals surface area contributed by atoms with Gasteiger partial charge in [-0.25, -0.2) is 9.18 Å². The zero-order valence-corrected chi connectivity index (χ0v) is 24.1. The number of nitrogens with one attached hydrogen (secondary N) is 2. The number of rotatable bonds is 10. The summed E-state index contributed by atoms with van der Waals surface area (Å²) in [5.74, 6) is 2.57. The number of carbonyl (C=O) groups is 1. The first kappa shape index (κ1) is 28.5. The van der Waals surface area contributed by atoms with E-state index in [1.54, 1.807) is 48.7 Å². The van der Waals surface area contributed by atoms with Crippen LogP contribution in [0.1, 0.15) is 37.8 Å². The number of pyridine rings is 1. The molecule has 43 heavy (non-hydrogen) atoms. The molecule has 1 atom stereocenters. The third-order valence-corrected chi connectivity index (χ3v) is 7.58. The molecule has 0 aliphatic carbocycles. The average molecular weight is 587 g/mol. The van der Waals surface area contributed by atoms with Gasteiger partial charge in [0.1, 0.15) is 30.5 Å². The number of urea groups is 1. The van der Waals surface area contributed by atoms with Gasteiger partial charge in [0.25, 0.3) is 0 Å². The quantitative estimate of drug-likeness (QED) is 0.200. The van der Waals surface area contributed by atoms with Gasteiger partial charge < -0.3 is 34.5 Å². The summed E-state index contributed by atoms with van der Waals surface area (Å²) in [5, 5.41) is 6.37. The average Bonchev–Trinajstić information content (AvgIpc) is 3.54. The highest BCUT2D eigenvalue weighted by Crippen LogP contribution is 2.48. The lowest BCUT2D eigenvalue weighted by Gasteiger charge is -2.24. The lowest BCUT2D eigenvalue weighted by Crippen LogP contribution is -2.31. The summed E-state index contributed by atoms with van der Waals surface area (Å²) in [6, 6.07) is 16.1. The SMILES string of the molecule is C[C@@H](NC(=O)Nc1ccc(Oc2ccnc3cc(OCCCN4CCCC4)c4c(c23)OCCO4)cc1)c1ccc(F)cc1. The maximum absolute atomic E-state index is 13.2. The molecule has 4 aromatic rings. The number of anilines is 1. The summed E-state index contributed by atoms with van der Waals surface area (Å²) in [4.78, 5) is 19.6. The van der Waals surface area contributed by atoms with Gasteiger partial charge in [-0.05, 0) is 87.3 Å². The van der Waals surface area contributed by atoms with Crippen molar-refractivity contribution in [1.82, 2.24) is 15.2 Å². The molecule has 2 N–H and O–H groups in total. The van der Waals surface area contributed by atoms with Gasteiger partial charge in [0.15, 0.2) is 11.5 Å². The molecule has 1 aromatic heterocycles. The number of fused-ring (bicyclic) bond motifs is 3. The van der Waals surface area contributed by atoms with Crippen molar-refractivity contribution >= 4 is 22.6 Å². The fourth-order valence-corrected chi connectivity index (χ4v) is 5.37. The minimum Gasteiger partial charge on any atom is -0.489 e. The molecule has 0 bridgehead atoms. The highest BCUT2D eigenvalue weighted by molar-refractivity contribution is 5.95. The van der Waals surface area contributed by atoms with Gasteiger partial charge in [0, 0.05) is 24.5 Å². The van der Waals surface area contributed by atoms with E-state index in [1.807, 2.05) is 13.0 Å². The van der Waals surface area contributed by atoms with E-state index in [0.29, 0.717) is 65.2 Å². The van der Waals surface area contributed by atoms with Gasteiger partial charge in [-0.3, -0.25) is 4.98 Å². The molecule has 224 valence electrons. The molecule has 10 heteroatoms. The highest BCUT2D eigenvalue weighted by atomic mass is 19.1. The summed E-state index contributed by atoms with van der Waals surface area (Å²) >= 11 is 0. The lowest BCUT2D eigenvalue weighted by atomic mass is 10.1. The third kappa shape index (κ3) is 6.91. The molecular weight excluding hydrogens is 551 g/mol. The number of halogens is 1. The number of carbonyl (C=O) groups excluding carboxylic acids is 1. The first-order chi connectivity index (χ1) is 21.0. The predicted octanol–water partition coefficient (Wildman–Crippen LogP) is 6.68. The molecule has 1 fully saturated rings. The van der Waals surface area contributed by atoms with E-state index in [-0.39, 0.29) is 17.9 Å². The van der Waals surface area contributed by atoms with Crippen LogP contribution in [0.3, 0.4) is 0 Å². The van der Waals surface area contributed by atoms with Crippen molar-refractivity contribution in [2.45, 2.75) is 32.2 Å². The Morgan fingerprint density at radius 1 is 1.00 bits per heavy atom. The molecule has 0 radical (unpaired) electrons. The molecule has 0 unspecified atom stereocenters. The summed E-state index contributed by atoms with van der Waals surface area (Å²) < 4.78 is 37.7. The van der Waals surface area contributed by atoms with Crippen LogP contribution < -0.4 is 29.6 Å². The summed E-state index contributed by atoms with van der Waals surface area (Å²) in [5.41, 5.74) is 2.08. The molecule has 2 amide bonds. The Balaban J connectivity index is 1.12. The largest absolute Gasteiger partial charge is 0.489 e. The second-order valence-electron chi connectivity index (χ2n) is 10.7. The molecule has 9 nitrogen and oxygen atoms in total. The maximum Gasteiger partial charge on any atom is 0.319 e. The maximum atomic E-state index is 13.2. The summed E-state index contributed by atoms with van der Waals surface area (Å²) in [7, 11) is 0. The van der Waals surface area contributed by atoms with Crippen LogP contribution in [0, 0.1) is 5.82 Å². The fraction of sp³-hybridized carbons (Fsp3) is 0.333. The van der Waals surface area contributed by atoms with Crippen LogP contribution in [0.5, 0.6) is 28.7 Å². The van der Waals surface area contributed by atoms with Gasteiger partial charge in [-0.1, -0.05) is 12.1 Å². The zero-order chi connectivity index (χ0) is 29.6. The van der Waals surface area contributed by atoms with Crippen molar-refractivity contribution in [2.24, 2.45) is 0 Å². The molecule has 6 rings (SSSR count). The summed E-state index contributed by atoms with van der Waals surface area (Å²) in [6.45, 7) is 6.63. The normalized spacial score (nSPS) is 15.2. The topological polar surface area (TPSA) is 94.2 Å². The molecule has 0 spiro atoms. The Kier molecular flexibility index (Phi) is 8.74. The van der Waals surface area contributed by atoms with E-state index in [9.17, 15) is 9.18 Å². The molecular formula is C33H35FN4O5. The van der Waals surface area contributed by atoms with Crippen LogP contribution >= 0.6 is 0 Å². The second-order valence-corrected chi connectivity index (χ2v) is 10.7. The predicted molar refractivity (Wildman–Crippen MR) is 162 cm³/mol. The summed E-state index contributed by atoms with van der Waals surface area (Å²) in [6.07, 6.45) is 5.17. The Morgan fingerprint density at radius 2 is 1.74 bits per heavy atom. The molecule has 2 aliphatic rings. The van der Waals surface area contributed by atoms with Crippen LogP contribution in [0.2, 0.25) is 0 Å². The van der Waals surface area contributed by atoms with E-state index in [2.05, 4.69) is 20.5 Å². The van der Waals surface area contributed by atoms with Gasteiger partial charge in [0.05, 0.1) is 23.6 Å². The molecule has 0 saturated carbocycles. The van der Waals surface area contributed by atoms with Gasteiger partial charge in [0.2, 0.25) is 5.75 Å². The minimum absolute atomic E-state index is 0.291. The van der Waals surface area contributed by atoms with Crippen LogP contribution in [-0.2, 0) is 0 Å². The monoisotopic (exact) mass is 586 g/mol. The standard InChI is InChI=1S/C33H35FN4O5/c1-22(23-5-7-24(34)8-6-23)36-33(39)37-25-9-11-26(12-10-25)43-28-13-14-35-27-21-29(31-32(30(27)28)42-20-19-41-31)40-18-4-17-38-15-2-3-16-38/h5-14,21-22H,2-4,15-20H2,1H3,(H2,36,37,39)/t22-/m1/s1. The number of hydrogen-bond acceptors (Lipinski definition) is 7. The number of nitrogens with zero attached hydrogens (tertiary/aromatic N) is 2. The van der Waals surface area contributed by atoms with Crippen molar-refractivity contribution in [2.75, 3.05) is 44.8 Å². The number of benzene rings is 3. The molecule has 1 saturated heterocycles. The van der Waals surface area contributed by atoms with Crippen molar-refractivity contribution in [3.63, 3.8) is 0 Å². The highest BCUT2D eigenvalue weighted by Gasteiger charge is 2.25. The molecule has 3 aromatic carbocycles. The number of hydrogen-bond donors (Lipinski definition) is 2.